The van der Waals surface area contributed by atoms with Gasteiger partial charge in [0.05, 0.1) is 11.5 Å². The predicted molar refractivity (Wildman–Crippen MR) is 77.3 cm³/mol. The van der Waals surface area contributed by atoms with E-state index >= 15 is 0 Å². The summed E-state index contributed by atoms with van der Waals surface area (Å²) in [6.45, 7) is 6.18. The maximum Gasteiger partial charge on any atom is 0.0703 e. The molecule has 0 aromatic heterocycles. The lowest BCUT2D eigenvalue weighted by atomic mass is 9.84. The van der Waals surface area contributed by atoms with Crippen molar-refractivity contribution in [3.8, 4) is 6.07 Å². The van der Waals surface area contributed by atoms with Crippen LogP contribution < -0.4 is 5.32 Å². The zero-order valence-corrected chi connectivity index (χ0v) is 12.5. The number of benzene rings is 1. The van der Waals surface area contributed by atoms with E-state index in [1.165, 1.54) is 5.56 Å². The number of nitrogens with zero attached hydrogens (tertiary/aromatic N) is 1. The van der Waals surface area contributed by atoms with Gasteiger partial charge in [-0.25, -0.2) is 0 Å². The molecule has 0 spiro atoms. The second-order valence-corrected chi connectivity index (χ2v) is 6.81. The maximum atomic E-state index is 9.04. The zero-order valence-electron chi connectivity index (χ0n) is 11.0. The Kier molecular flexibility index (Phi) is 3.79. The number of hydrogen-bond acceptors (Lipinski definition) is 2. The Morgan fingerprint density at radius 2 is 2.17 bits per heavy atom. The molecule has 18 heavy (non-hydrogen) atoms. The van der Waals surface area contributed by atoms with Crippen LogP contribution in [0.25, 0.3) is 0 Å². The van der Waals surface area contributed by atoms with Crippen LogP contribution in [0, 0.1) is 16.7 Å². The van der Waals surface area contributed by atoms with Crippen molar-refractivity contribution < 1.29 is 0 Å². The van der Waals surface area contributed by atoms with Crippen molar-refractivity contribution in [2.75, 3.05) is 13.1 Å². The van der Waals surface area contributed by atoms with Crippen LogP contribution in [0.15, 0.2) is 28.7 Å². The van der Waals surface area contributed by atoms with E-state index in [9.17, 15) is 0 Å². The van der Waals surface area contributed by atoms with Crippen molar-refractivity contribution in [2.24, 2.45) is 5.41 Å². The molecule has 0 bridgehead atoms. The van der Waals surface area contributed by atoms with Gasteiger partial charge in [0.25, 0.3) is 0 Å². The summed E-state index contributed by atoms with van der Waals surface area (Å²) in [5, 5.41) is 12.5. The second-order valence-electron chi connectivity index (χ2n) is 5.89. The van der Waals surface area contributed by atoms with Crippen LogP contribution in [0.1, 0.15) is 32.3 Å². The zero-order chi connectivity index (χ0) is 13.2. The minimum Gasteiger partial charge on any atom is -0.314 e. The average molecular weight is 307 g/mol. The lowest BCUT2D eigenvalue weighted by molar-refractivity contribution is 0.443. The average Bonchev–Trinajstić information content (AvgIpc) is 3.09. The number of nitriles is 1. The summed E-state index contributed by atoms with van der Waals surface area (Å²) in [4.78, 5) is 0. The number of nitrogens with one attached hydrogen (secondary N) is 1. The van der Waals surface area contributed by atoms with Crippen LogP contribution in [0.2, 0.25) is 0 Å². The SMILES string of the molecule is CC(C)(CNCC1(C#N)CC1)c1cccc(Br)c1. The molecule has 2 nitrogen and oxygen atoms in total. The fourth-order valence-corrected chi connectivity index (χ4v) is 2.50. The summed E-state index contributed by atoms with van der Waals surface area (Å²) >= 11 is 3.51. The van der Waals surface area contributed by atoms with Gasteiger partial charge in [-0.2, -0.15) is 5.26 Å². The smallest absolute Gasteiger partial charge is 0.0703 e. The van der Waals surface area contributed by atoms with Gasteiger partial charge in [0.1, 0.15) is 0 Å². The molecule has 1 aliphatic carbocycles. The lowest BCUT2D eigenvalue weighted by Crippen LogP contribution is -2.35. The minimum absolute atomic E-state index is 0.0622. The van der Waals surface area contributed by atoms with Gasteiger partial charge in [0.2, 0.25) is 0 Å². The topological polar surface area (TPSA) is 35.8 Å². The first-order valence-electron chi connectivity index (χ1n) is 6.36. The van der Waals surface area contributed by atoms with Gasteiger partial charge in [0.15, 0.2) is 0 Å². The highest BCUT2D eigenvalue weighted by Crippen LogP contribution is 2.44. The fourth-order valence-electron chi connectivity index (χ4n) is 2.10. The first-order valence-corrected chi connectivity index (χ1v) is 7.15. The van der Waals surface area contributed by atoms with Crippen molar-refractivity contribution >= 4 is 15.9 Å². The molecule has 0 heterocycles. The van der Waals surface area contributed by atoms with E-state index in [-0.39, 0.29) is 10.8 Å². The van der Waals surface area contributed by atoms with Gasteiger partial charge < -0.3 is 5.32 Å². The van der Waals surface area contributed by atoms with Crippen LogP contribution in [-0.4, -0.2) is 13.1 Å². The van der Waals surface area contributed by atoms with E-state index in [0.29, 0.717) is 0 Å². The molecule has 1 aromatic carbocycles. The number of halogens is 1. The molecule has 3 heteroatoms. The Morgan fingerprint density at radius 3 is 2.72 bits per heavy atom. The van der Waals surface area contributed by atoms with Gasteiger partial charge in [0, 0.05) is 23.0 Å². The van der Waals surface area contributed by atoms with Gasteiger partial charge in [-0.15, -0.1) is 0 Å². The van der Waals surface area contributed by atoms with Crippen LogP contribution in [0.4, 0.5) is 0 Å². The highest BCUT2D eigenvalue weighted by molar-refractivity contribution is 9.10. The molecule has 96 valence electrons. The highest BCUT2D eigenvalue weighted by atomic mass is 79.9. The van der Waals surface area contributed by atoms with Crippen LogP contribution >= 0.6 is 15.9 Å². The van der Waals surface area contributed by atoms with Crippen molar-refractivity contribution in [2.45, 2.75) is 32.1 Å². The monoisotopic (exact) mass is 306 g/mol. The van der Waals surface area contributed by atoms with Crippen LogP contribution in [0.5, 0.6) is 0 Å². The second kappa shape index (κ2) is 5.03. The van der Waals surface area contributed by atoms with Gasteiger partial charge in [-0.05, 0) is 30.5 Å². The quantitative estimate of drug-likeness (QED) is 0.902. The van der Waals surface area contributed by atoms with Crippen molar-refractivity contribution in [1.82, 2.24) is 5.32 Å². The van der Waals surface area contributed by atoms with Gasteiger partial charge in [-0.3, -0.25) is 0 Å². The summed E-state index contributed by atoms with van der Waals surface area (Å²) < 4.78 is 1.11. The molecule has 2 rings (SSSR count). The minimum atomic E-state index is -0.0622. The Hall–Kier alpha value is -0.850. The maximum absolute atomic E-state index is 9.04. The summed E-state index contributed by atoms with van der Waals surface area (Å²) in [6, 6.07) is 10.9. The third-order valence-corrected chi connectivity index (χ3v) is 4.22. The molecule has 1 aromatic rings. The molecule has 0 unspecified atom stereocenters. The third-order valence-electron chi connectivity index (χ3n) is 3.73. The molecule has 0 aliphatic heterocycles. The molecule has 0 radical (unpaired) electrons. The van der Waals surface area contributed by atoms with Gasteiger partial charge in [-0.1, -0.05) is 41.9 Å². The third kappa shape index (κ3) is 3.13. The summed E-state index contributed by atoms with van der Waals surface area (Å²) in [7, 11) is 0. The van der Waals surface area contributed by atoms with E-state index in [0.717, 1.165) is 30.4 Å². The summed E-state index contributed by atoms with van der Waals surface area (Å²) in [6.07, 6.45) is 2.10. The fraction of sp³-hybridized carbons (Fsp3) is 0.533. The molecule has 0 saturated heterocycles. The normalized spacial score (nSPS) is 17.2. The molecule has 1 saturated carbocycles. The van der Waals surface area contributed by atoms with Crippen LogP contribution in [-0.2, 0) is 5.41 Å². The number of rotatable bonds is 5. The Bertz CT molecular complexity index is 470. The van der Waals surface area contributed by atoms with E-state index < -0.39 is 0 Å². The molecule has 1 fully saturated rings. The summed E-state index contributed by atoms with van der Waals surface area (Å²) in [5.74, 6) is 0. The van der Waals surface area contributed by atoms with Crippen molar-refractivity contribution in [3.63, 3.8) is 0 Å². The Labute approximate surface area is 118 Å². The standard InChI is InChI=1S/C15H19BrN2/c1-14(2,12-4-3-5-13(16)8-12)10-18-11-15(9-17)6-7-15/h3-5,8,18H,6-7,10-11H2,1-2H3. The molecular formula is C15H19BrN2. The molecule has 0 amide bonds. The predicted octanol–water partition coefficient (Wildman–Crippen LogP) is 3.62. The first kappa shape index (κ1) is 13.6. The van der Waals surface area contributed by atoms with Gasteiger partial charge >= 0.3 is 0 Å². The molecule has 1 aliphatic rings. The Morgan fingerprint density at radius 1 is 1.44 bits per heavy atom. The van der Waals surface area contributed by atoms with Crippen LogP contribution in [0.3, 0.4) is 0 Å². The van der Waals surface area contributed by atoms with Crippen molar-refractivity contribution in [1.29, 1.82) is 5.26 Å². The van der Waals surface area contributed by atoms with E-state index in [1.54, 1.807) is 0 Å². The Balaban J connectivity index is 1.93. The largest absolute Gasteiger partial charge is 0.314 e. The molecule has 0 atom stereocenters. The van der Waals surface area contributed by atoms with Crippen molar-refractivity contribution in [3.05, 3.63) is 34.3 Å². The number of hydrogen-bond donors (Lipinski definition) is 1. The summed E-state index contributed by atoms with van der Waals surface area (Å²) in [5.41, 5.74) is 1.33. The van der Waals surface area contributed by atoms with E-state index in [1.807, 2.05) is 6.07 Å². The van der Waals surface area contributed by atoms with E-state index in [2.05, 4.69) is 59.4 Å². The first-order chi connectivity index (χ1) is 8.47. The molecule has 1 N–H and O–H groups in total. The van der Waals surface area contributed by atoms with E-state index in [4.69, 9.17) is 5.26 Å². The lowest BCUT2D eigenvalue weighted by Gasteiger charge is -2.26. The molecular weight excluding hydrogens is 288 g/mol. The highest BCUT2D eigenvalue weighted by Gasteiger charge is 2.42.